The number of rotatable bonds is 4. The van der Waals surface area contributed by atoms with Gasteiger partial charge in [0, 0.05) is 11.6 Å². The van der Waals surface area contributed by atoms with Crippen molar-refractivity contribution >= 4 is 0 Å². The van der Waals surface area contributed by atoms with E-state index in [4.69, 9.17) is 5.73 Å². The van der Waals surface area contributed by atoms with E-state index in [1.807, 2.05) is 0 Å². The molecule has 2 nitrogen and oxygen atoms in total. The maximum atomic E-state index is 13.5. The Bertz CT molecular complexity index is 344. The fraction of sp³-hybridized carbons (Fsp3) is 0.400. The Morgan fingerprint density at radius 3 is 2.60 bits per heavy atom. The van der Waals surface area contributed by atoms with Gasteiger partial charge in [-0.25, -0.2) is 8.78 Å². The summed E-state index contributed by atoms with van der Waals surface area (Å²) < 4.78 is 43.5. The molecule has 1 aromatic rings. The summed E-state index contributed by atoms with van der Waals surface area (Å²) in [5.41, 5.74) is 5.13. The Morgan fingerprint density at radius 1 is 1.40 bits per heavy atom. The fourth-order valence-electron chi connectivity index (χ4n) is 1.31. The van der Waals surface area contributed by atoms with Gasteiger partial charge in [0.2, 0.25) is 0 Å². The molecular formula is C10H12F3NO. The number of ether oxygens (including phenoxy) is 1. The van der Waals surface area contributed by atoms with Crippen molar-refractivity contribution in [2.75, 3.05) is 13.8 Å². The fourth-order valence-corrected chi connectivity index (χ4v) is 1.31. The van der Waals surface area contributed by atoms with Crippen LogP contribution in [-0.2, 0) is 0 Å². The van der Waals surface area contributed by atoms with Crippen LogP contribution in [0.3, 0.4) is 0 Å². The van der Waals surface area contributed by atoms with Crippen LogP contribution in [0.5, 0.6) is 5.75 Å². The third-order valence-electron chi connectivity index (χ3n) is 2.10. The molecule has 15 heavy (non-hydrogen) atoms. The van der Waals surface area contributed by atoms with Gasteiger partial charge in [0.25, 0.3) is 0 Å². The summed E-state index contributed by atoms with van der Waals surface area (Å²) >= 11 is 0. The van der Waals surface area contributed by atoms with E-state index in [0.717, 1.165) is 12.1 Å². The Morgan fingerprint density at radius 2 is 2.07 bits per heavy atom. The van der Waals surface area contributed by atoms with Crippen molar-refractivity contribution in [1.82, 2.24) is 0 Å². The lowest BCUT2D eigenvalue weighted by atomic mass is 10.0. The maximum absolute atomic E-state index is 13.5. The average molecular weight is 219 g/mol. The Hall–Kier alpha value is -1.23. The maximum Gasteiger partial charge on any atom is 0.172 e. The van der Waals surface area contributed by atoms with Gasteiger partial charge in [-0.15, -0.1) is 0 Å². The molecule has 84 valence electrons. The van der Waals surface area contributed by atoms with E-state index in [9.17, 15) is 13.2 Å². The average Bonchev–Trinajstić information content (AvgIpc) is 2.18. The molecule has 1 atom stereocenters. The summed E-state index contributed by atoms with van der Waals surface area (Å²) in [4.78, 5) is 0. The van der Waals surface area contributed by atoms with Crippen molar-refractivity contribution in [1.29, 1.82) is 0 Å². The van der Waals surface area contributed by atoms with Gasteiger partial charge in [-0.2, -0.15) is 0 Å². The number of benzene rings is 1. The summed E-state index contributed by atoms with van der Waals surface area (Å²) in [7, 11) is 1.26. The molecule has 0 spiro atoms. The van der Waals surface area contributed by atoms with Crippen molar-refractivity contribution in [3.8, 4) is 5.75 Å². The van der Waals surface area contributed by atoms with Crippen LogP contribution in [0.25, 0.3) is 0 Å². The molecule has 1 rings (SSSR count). The quantitative estimate of drug-likeness (QED) is 0.843. The lowest BCUT2D eigenvalue weighted by Gasteiger charge is -2.14. The van der Waals surface area contributed by atoms with E-state index in [0.29, 0.717) is 0 Å². The molecule has 0 saturated heterocycles. The minimum Gasteiger partial charge on any atom is -0.494 e. The highest BCUT2D eigenvalue weighted by Gasteiger charge is 2.19. The standard InChI is InChI=1S/C10H12F3NO/c1-15-8-3-2-6(12)9(10(8)13)7(14)4-5-11/h2-3,7H,4-5,14H2,1H3/t7-/m0/s1. The molecule has 0 heterocycles. The van der Waals surface area contributed by atoms with Gasteiger partial charge in [0.05, 0.1) is 13.8 Å². The molecule has 1 aromatic carbocycles. The number of nitrogens with two attached hydrogens (primary N) is 1. The zero-order chi connectivity index (χ0) is 11.4. The van der Waals surface area contributed by atoms with E-state index in [2.05, 4.69) is 4.74 Å². The highest BCUT2D eigenvalue weighted by molar-refractivity contribution is 5.34. The molecule has 0 saturated carbocycles. The largest absolute Gasteiger partial charge is 0.494 e. The summed E-state index contributed by atoms with van der Waals surface area (Å²) in [6, 6.07) is 1.22. The summed E-state index contributed by atoms with van der Waals surface area (Å²) in [6.45, 7) is -0.725. The number of alkyl halides is 1. The minimum absolute atomic E-state index is 0.0966. The summed E-state index contributed by atoms with van der Waals surface area (Å²) in [6.07, 6.45) is -0.124. The zero-order valence-electron chi connectivity index (χ0n) is 8.27. The lowest BCUT2D eigenvalue weighted by molar-refractivity contribution is 0.372. The van der Waals surface area contributed by atoms with E-state index in [-0.39, 0.29) is 17.7 Å². The molecule has 0 fully saturated rings. The number of hydrogen-bond acceptors (Lipinski definition) is 2. The van der Waals surface area contributed by atoms with E-state index < -0.39 is 24.4 Å². The van der Waals surface area contributed by atoms with Crippen LogP contribution in [0.4, 0.5) is 13.2 Å². The van der Waals surface area contributed by atoms with Gasteiger partial charge in [-0.3, -0.25) is 4.39 Å². The lowest BCUT2D eigenvalue weighted by Crippen LogP contribution is -2.15. The molecular weight excluding hydrogens is 207 g/mol. The van der Waals surface area contributed by atoms with Crippen molar-refractivity contribution < 1.29 is 17.9 Å². The first-order chi connectivity index (χ1) is 7.11. The molecule has 0 amide bonds. The Labute approximate surface area is 85.8 Å². The van der Waals surface area contributed by atoms with Crippen LogP contribution in [0.2, 0.25) is 0 Å². The van der Waals surface area contributed by atoms with Gasteiger partial charge in [0.15, 0.2) is 11.6 Å². The highest BCUT2D eigenvalue weighted by Crippen LogP contribution is 2.28. The van der Waals surface area contributed by atoms with Gasteiger partial charge >= 0.3 is 0 Å². The van der Waals surface area contributed by atoms with Crippen LogP contribution in [0.15, 0.2) is 12.1 Å². The molecule has 0 aliphatic carbocycles. The normalized spacial score (nSPS) is 12.6. The third kappa shape index (κ3) is 2.41. The first-order valence-electron chi connectivity index (χ1n) is 4.45. The summed E-state index contributed by atoms with van der Waals surface area (Å²) in [5.74, 6) is -1.74. The van der Waals surface area contributed by atoms with Crippen LogP contribution in [0.1, 0.15) is 18.0 Å². The van der Waals surface area contributed by atoms with Crippen molar-refractivity contribution in [3.05, 3.63) is 29.3 Å². The van der Waals surface area contributed by atoms with E-state index in [1.54, 1.807) is 0 Å². The predicted molar refractivity (Wildman–Crippen MR) is 50.4 cm³/mol. The second-order valence-electron chi connectivity index (χ2n) is 3.06. The third-order valence-corrected chi connectivity index (χ3v) is 2.10. The molecule has 0 aliphatic heterocycles. The van der Waals surface area contributed by atoms with Crippen LogP contribution >= 0.6 is 0 Å². The molecule has 0 radical (unpaired) electrons. The number of halogens is 3. The monoisotopic (exact) mass is 219 g/mol. The first kappa shape index (κ1) is 11.8. The highest BCUT2D eigenvalue weighted by atomic mass is 19.1. The van der Waals surface area contributed by atoms with Crippen molar-refractivity contribution in [2.24, 2.45) is 5.73 Å². The molecule has 5 heteroatoms. The van der Waals surface area contributed by atoms with Crippen LogP contribution < -0.4 is 10.5 Å². The SMILES string of the molecule is COc1ccc(F)c([C@@H](N)CCF)c1F. The van der Waals surface area contributed by atoms with Gasteiger partial charge in [0.1, 0.15) is 5.82 Å². The van der Waals surface area contributed by atoms with Crippen LogP contribution in [0, 0.1) is 11.6 Å². The second kappa shape index (κ2) is 5.02. The molecule has 0 unspecified atom stereocenters. The van der Waals surface area contributed by atoms with Crippen LogP contribution in [-0.4, -0.2) is 13.8 Å². The minimum atomic E-state index is -0.995. The second-order valence-corrected chi connectivity index (χ2v) is 3.06. The van der Waals surface area contributed by atoms with Gasteiger partial charge < -0.3 is 10.5 Å². The predicted octanol–water partition coefficient (Wildman–Crippen LogP) is 2.33. The van der Waals surface area contributed by atoms with E-state index >= 15 is 0 Å². The van der Waals surface area contributed by atoms with Crippen molar-refractivity contribution in [3.63, 3.8) is 0 Å². The van der Waals surface area contributed by atoms with Crippen molar-refractivity contribution in [2.45, 2.75) is 12.5 Å². The molecule has 0 bridgehead atoms. The smallest absolute Gasteiger partial charge is 0.172 e. The Balaban J connectivity index is 3.14. The molecule has 2 N–H and O–H groups in total. The molecule has 0 aliphatic rings. The Kier molecular flexibility index (Phi) is 3.96. The molecule has 0 aromatic heterocycles. The van der Waals surface area contributed by atoms with Gasteiger partial charge in [-0.05, 0) is 18.6 Å². The number of hydrogen-bond donors (Lipinski definition) is 1. The topological polar surface area (TPSA) is 35.2 Å². The van der Waals surface area contributed by atoms with E-state index in [1.165, 1.54) is 7.11 Å². The number of methoxy groups -OCH3 is 1. The summed E-state index contributed by atoms with van der Waals surface area (Å²) in [5, 5.41) is 0. The van der Waals surface area contributed by atoms with Gasteiger partial charge in [-0.1, -0.05) is 0 Å². The zero-order valence-corrected chi connectivity index (χ0v) is 8.27. The first-order valence-corrected chi connectivity index (χ1v) is 4.45.